The van der Waals surface area contributed by atoms with Crippen LogP contribution in [-0.4, -0.2) is 35.9 Å². The van der Waals surface area contributed by atoms with Gasteiger partial charge in [-0.2, -0.15) is 0 Å². The predicted molar refractivity (Wildman–Crippen MR) is 130 cm³/mol. The summed E-state index contributed by atoms with van der Waals surface area (Å²) in [6, 6.07) is 18.7. The Hall–Kier alpha value is -3.77. The van der Waals surface area contributed by atoms with Crippen LogP contribution in [0.4, 0.5) is 0 Å². The molecule has 1 amide bonds. The number of para-hydroxylation sites is 1. The second-order valence-electron chi connectivity index (χ2n) is 7.94. The molecule has 1 N–H and O–H groups in total. The molecular formula is C27H24ClNO5. The van der Waals surface area contributed by atoms with Crippen LogP contribution in [-0.2, 0) is 16.1 Å². The number of hydrogen-bond acceptors (Lipinski definition) is 5. The van der Waals surface area contributed by atoms with Crippen molar-refractivity contribution in [3.05, 3.63) is 99.6 Å². The highest BCUT2D eigenvalue weighted by molar-refractivity contribution is 6.46. The zero-order chi connectivity index (χ0) is 24.4. The third kappa shape index (κ3) is 4.13. The molecule has 0 radical (unpaired) electrons. The number of carbonyl (C=O) groups excluding carboxylic acids is 2. The van der Waals surface area contributed by atoms with Crippen molar-refractivity contribution in [1.29, 1.82) is 0 Å². The van der Waals surface area contributed by atoms with Crippen molar-refractivity contribution in [2.24, 2.45) is 0 Å². The summed E-state index contributed by atoms with van der Waals surface area (Å²) in [6.07, 6.45) is 0. The number of aliphatic hydroxyl groups is 1. The number of nitrogens with zero attached hydrogens (tertiary/aromatic N) is 1. The molecule has 0 bridgehead atoms. The number of aryl methyl sites for hydroxylation is 1. The third-order valence-corrected chi connectivity index (χ3v) is 6.28. The fourth-order valence-corrected chi connectivity index (χ4v) is 4.50. The minimum atomic E-state index is -0.785. The standard InChI is InChI=1S/C27H24ClNO5/c1-16-8-4-6-10-19(16)24-23(25(30)17-12-13-22(34-3)20(28)14-17)26(31)27(32)29(24)15-18-9-5-7-11-21(18)33-2/h4-14,24,30H,15H2,1-3H3/b25-23+. The van der Waals surface area contributed by atoms with Crippen molar-refractivity contribution in [1.82, 2.24) is 4.90 Å². The first kappa shape index (κ1) is 23.4. The molecule has 1 fully saturated rings. The topological polar surface area (TPSA) is 76.1 Å². The molecule has 0 aliphatic carbocycles. The number of benzene rings is 3. The number of rotatable bonds is 6. The number of likely N-dealkylation sites (tertiary alicyclic amines) is 1. The van der Waals surface area contributed by atoms with E-state index in [2.05, 4.69) is 0 Å². The predicted octanol–water partition coefficient (Wildman–Crippen LogP) is 5.29. The largest absolute Gasteiger partial charge is 0.507 e. The number of amides is 1. The lowest BCUT2D eigenvalue weighted by Crippen LogP contribution is -2.29. The summed E-state index contributed by atoms with van der Waals surface area (Å²) in [5.74, 6) is -0.702. The number of methoxy groups -OCH3 is 2. The van der Waals surface area contributed by atoms with E-state index >= 15 is 0 Å². The molecule has 4 rings (SSSR count). The van der Waals surface area contributed by atoms with Gasteiger partial charge >= 0.3 is 0 Å². The summed E-state index contributed by atoms with van der Waals surface area (Å²) in [5.41, 5.74) is 2.71. The van der Waals surface area contributed by atoms with Crippen LogP contribution in [0.25, 0.3) is 5.76 Å². The average molecular weight is 478 g/mol. The van der Waals surface area contributed by atoms with Gasteiger partial charge in [0.15, 0.2) is 0 Å². The van der Waals surface area contributed by atoms with Crippen molar-refractivity contribution >= 4 is 29.1 Å². The number of carbonyl (C=O) groups is 2. The molecule has 34 heavy (non-hydrogen) atoms. The number of ether oxygens (including phenoxy) is 2. The number of hydrogen-bond donors (Lipinski definition) is 1. The molecule has 1 saturated heterocycles. The van der Waals surface area contributed by atoms with E-state index in [0.29, 0.717) is 17.1 Å². The van der Waals surface area contributed by atoms with E-state index in [1.54, 1.807) is 25.3 Å². The summed E-state index contributed by atoms with van der Waals surface area (Å²) >= 11 is 6.26. The molecule has 3 aromatic carbocycles. The lowest BCUT2D eigenvalue weighted by atomic mass is 9.92. The zero-order valence-corrected chi connectivity index (χ0v) is 19.8. The van der Waals surface area contributed by atoms with Gasteiger partial charge in [-0.3, -0.25) is 9.59 Å². The molecule has 174 valence electrons. The quantitative estimate of drug-likeness (QED) is 0.296. The van der Waals surface area contributed by atoms with E-state index in [1.807, 2.05) is 49.4 Å². The first-order valence-electron chi connectivity index (χ1n) is 10.7. The minimum Gasteiger partial charge on any atom is -0.507 e. The lowest BCUT2D eigenvalue weighted by molar-refractivity contribution is -0.140. The van der Waals surface area contributed by atoms with Crippen molar-refractivity contribution in [2.45, 2.75) is 19.5 Å². The SMILES string of the molecule is COc1ccc(/C(O)=C2\C(=O)C(=O)N(Cc3ccccc3OC)C2c2ccccc2C)cc1Cl. The van der Waals surface area contributed by atoms with Gasteiger partial charge in [-0.1, -0.05) is 54.1 Å². The van der Waals surface area contributed by atoms with Crippen LogP contribution in [0, 0.1) is 6.92 Å². The van der Waals surface area contributed by atoms with E-state index in [9.17, 15) is 14.7 Å². The molecule has 1 atom stereocenters. The Morgan fingerprint density at radius 1 is 0.971 bits per heavy atom. The van der Waals surface area contributed by atoms with Gasteiger partial charge in [0.05, 0.1) is 37.4 Å². The van der Waals surface area contributed by atoms with E-state index in [1.165, 1.54) is 18.1 Å². The molecule has 0 spiro atoms. The molecule has 1 aliphatic rings. The Morgan fingerprint density at radius 2 is 1.65 bits per heavy atom. The number of ketones is 1. The van der Waals surface area contributed by atoms with Crippen LogP contribution < -0.4 is 9.47 Å². The van der Waals surface area contributed by atoms with Gasteiger partial charge in [0.2, 0.25) is 0 Å². The Balaban J connectivity index is 1.89. The molecule has 3 aromatic rings. The summed E-state index contributed by atoms with van der Waals surface area (Å²) in [5, 5.41) is 11.5. The Kier molecular flexibility index (Phi) is 6.61. The van der Waals surface area contributed by atoms with Gasteiger partial charge in [0, 0.05) is 11.1 Å². The number of aliphatic hydroxyl groups excluding tert-OH is 1. The van der Waals surface area contributed by atoms with E-state index < -0.39 is 17.7 Å². The highest BCUT2D eigenvalue weighted by Gasteiger charge is 2.46. The summed E-state index contributed by atoms with van der Waals surface area (Å²) < 4.78 is 10.6. The van der Waals surface area contributed by atoms with E-state index in [4.69, 9.17) is 21.1 Å². The molecule has 0 aromatic heterocycles. The first-order chi connectivity index (χ1) is 16.4. The van der Waals surface area contributed by atoms with Gasteiger partial charge in [0.1, 0.15) is 17.3 Å². The van der Waals surface area contributed by atoms with Crippen molar-refractivity contribution < 1.29 is 24.2 Å². The highest BCUT2D eigenvalue weighted by atomic mass is 35.5. The highest BCUT2D eigenvalue weighted by Crippen LogP contribution is 2.42. The van der Waals surface area contributed by atoms with Crippen LogP contribution >= 0.6 is 11.6 Å². The Morgan fingerprint density at radius 3 is 2.32 bits per heavy atom. The lowest BCUT2D eigenvalue weighted by Gasteiger charge is -2.27. The fourth-order valence-electron chi connectivity index (χ4n) is 4.25. The molecule has 0 saturated carbocycles. The molecule has 7 heteroatoms. The van der Waals surface area contributed by atoms with Crippen molar-refractivity contribution in [3.8, 4) is 11.5 Å². The summed E-state index contributed by atoms with van der Waals surface area (Å²) in [4.78, 5) is 28.0. The number of Topliss-reactive ketones (excluding diaryl/α,β-unsaturated/α-hetero) is 1. The Bertz CT molecular complexity index is 1300. The van der Waals surface area contributed by atoms with Gasteiger partial charge in [-0.25, -0.2) is 0 Å². The third-order valence-electron chi connectivity index (χ3n) is 5.98. The van der Waals surface area contributed by atoms with Crippen LogP contribution in [0.1, 0.15) is 28.3 Å². The van der Waals surface area contributed by atoms with Crippen LogP contribution in [0.3, 0.4) is 0 Å². The number of halogens is 1. The van der Waals surface area contributed by atoms with E-state index in [-0.39, 0.29) is 22.9 Å². The zero-order valence-electron chi connectivity index (χ0n) is 19.0. The van der Waals surface area contributed by atoms with Crippen LogP contribution in [0.5, 0.6) is 11.5 Å². The Labute approximate surface area is 203 Å². The molecule has 1 aliphatic heterocycles. The van der Waals surface area contributed by atoms with Crippen molar-refractivity contribution in [2.75, 3.05) is 14.2 Å². The minimum absolute atomic E-state index is 0.00966. The fraction of sp³-hybridized carbons (Fsp3) is 0.185. The van der Waals surface area contributed by atoms with Gasteiger partial charge in [-0.15, -0.1) is 0 Å². The van der Waals surface area contributed by atoms with E-state index in [0.717, 1.165) is 16.7 Å². The second-order valence-corrected chi connectivity index (χ2v) is 8.35. The summed E-state index contributed by atoms with van der Waals surface area (Å²) in [6.45, 7) is 2.04. The van der Waals surface area contributed by atoms with Gasteiger partial charge in [-0.05, 0) is 42.3 Å². The molecular weight excluding hydrogens is 454 g/mol. The normalized spacial score (nSPS) is 17.2. The maximum atomic E-state index is 13.3. The smallest absolute Gasteiger partial charge is 0.295 e. The maximum absolute atomic E-state index is 13.3. The summed E-state index contributed by atoms with van der Waals surface area (Å²) in [7, 11) is 3.04. The molecule has 1 unspecified atom stereocenters. The van der Waals surface area contributed by atoms with Crippen LogP contribution in [0.2, 0.25) is 5.02 Å². The average Bonchev–Trinajstić information content (AvgIpc) is 3.09. The monoisotopic (exact) mass is 477 g/mol. The van der Waals surface area contributed by atoms with Gasteiger partial charge in [0.25, 0.3) is 11.7 Å². The second kappa shape index (κ2) is 9.61. The molecule has 1 heterocycles. The van der Waals surface area contributed by atoms with Gasteiger partial charge < -0.3 is 19.5 Å². The van der Waals surface area contributed by atoms with Crippen molar-refractivity contribution in [3.63, 3.8) is 0 Å². The first-order valence-corrected chi connectivity index (χ1v) is 11.0. The van der Waals surface area contributed by atoms with Crippen LogP contribution in [0.15, 0.2) is 72.3 Å². The maximum Gasteiger partial charge on any atom is 0.295 e. The molecule has 6 nitrogen and oxygen atoms in total.